The van der Waals surface area contributed by atoms with Crippen LogP contribution in [0.15, 0.2) is 72.8 Å². The molecule has 0 fully saturated rings. The van der Waals surface area contributed by atoms with Crippen LogP contribution < -0.4 is 0 Å². The molecule has 0 spiro atoms. The molecule has 0 saturated heterocycles. The highest BCUT2D eigenvalue weighted by molar-refractivity contribution is 5.74. The molecule has 6 rings (SSSR count). The Labute approximate surface area is 149 Å². The molecule has 0 heterocycles. The third-order valence-electron chi connectivity index (χ3n) is 6.29. The fourth-order valence-corrected chi connectivity index (χ4v) is 5.46. The summed E-state index contributed by atoms with van der Waals surface area (Å²) in [4.78, 5) is 0. The second kappa shape index (κ2) is 4.42. The van der Waals surface area contributed by atoms with Gasteiger partial charge in [0.25, 0.3) is 0 Å². The minimum absolute atomic E-state index is 0.0446. The summed E-state index contributed by atoms with van der Waals surface area (Å²) < 4.78 is 0. The molecule has 0 aliphatic heterocycles. The fraction of sp³-hybridized carbons (Fsp3) is 0.250. The van der Waals surface area contributed by atoms with E-state index < -0.39 is 5.60 Å². The van der Waals surface area contributed by atoms with Gasteiger partial charge in [0.05, 0.1) is 5.41 Å². The lowest BCUT2D eigenvalue weighted by molar-refractivity contribution is 0.0923. The molecule has 0 aromatic heterocycles. The molecule has 3 aromatic rings. The first kappa shape index (κ1) is 14.9. The summed E-state index contributed by atoms with van der Waals surface area (Å²) in [7, 11) is 0. The second-order valence-corrected chi connectivity index (χ2v) is 8.35. The smallest absolute Gasteiger partial charge is 0.141 e. The Morgan fingerprint density at radius 3 is 1.12 bits per heavy atom. The summed E-state index contributed by atoms with van der Waals surface area (Å²) in [6.07, 6.45) is 0. The molecule has 25 heavy (non-hydrogen) atoms. The Morgan fingerprint density at radius 2 is 0.840 bits per heavy atom. The third-order valence-corrected chi connectivity index (χ3v) is 6.29. The first-order valence-electron chi connectivity index (χ1n) is 8.96. The zero-order valence-electron chi connectivity index (χ0n) is 14.9. The summed E-state index contributed by atoms with van der Waals surface area (Å²) in [5.41, 5.74) is 5.42. The van der Waals surface area contributed by atoms with Gasteiger partial charge in [-0.2, -0.15) is 0 Å². The van der Waals surface area contributed by atoms with Gasteiger partial charge in [-0.05, 0) is 38.8 Å². The van der Waals surface area contributed by atoms with Crippen LogP contribution in [0.5, 0.6) is 0 Å². The summed E-state index contributed by atoms with van der Waals surface area (Å²) in [5, 5.41) is 12.1. The van der Waals surface area contributed by atoms with Crippen LogP contribution in [0.1, 0.15) is 54.2 Å². The van der Waals surface area contributed by atoms with E-state index in [0.717, 1.165) is 16.7 Å². The molecule has 0 saturated carbocycles. The van der Waals surface area contributed by atoms with E-state index in [2.05, 4.69) is 75.4 Å². The highest BCUT2D eigenvalue weighted by Crippen LogP contribution is 2.65. The maximum atomic E-state index is 12.1. The molecule has 124 valence electrons. The minimum Gasteiger partial charge on any atom is -0.376 e. The van der Waals surface area contributed by atoms with Crippen LogP contribution in [-0.4, -0.2) is 5.11 Å². The summed E-state index contributed by atoms with van der Waals surface area (Å²) in [5.74, 6) is 0. The molecule has 0 atom stereocenters. The Morgan fingerprint density at radius 1 is 0.560 bits per heavy atom. The lowest BCUT2D eigenvalue weighted by atomic mass is 9.44. The van der Waals surface area contributed by atoms with Crippen molar-refractivity contribution < 1.29 is 5.11 Å². The molecule has 0 amide bonds. The third kappa shape index (κ3) is 1.46. The van der Waals surface area contributed by atoms with Crippen LogP contribution in [0, 0.1) is 5.41 Å². The number of hydrogen-bond acceptors (Lipinski definition) is 1. The number of hydrogen-bond donors (Lipinski definition) is 1. The largest absolute Gasteiger partial charge is 0.376 e. The number of aliphatic hydroxyl groups is 1. The van der Waals surface area contributed by atoms with Crippen LogP contribution in [0.25, 0.3) is 0 Å². The first-order valence-corrected chi connectivity index (χ1v) is 8.96. The van der Waals surface area contributed by atoms with Gasteiger partial charge in [0.1, 0.15) is 5.60 Å². The quantitative estimate of drug-likeness (QED) is 0.618. The predicted octanol–water partition coefficient (Wildman–Crippen LogP) is 4.98. The van der Waals surface area contributed by atoms with E-state index in [1.54, 1.807) is 0 Å². The Bertz CT molecular complexity index is 888. The molecular weight excluding hydrogens is 304 g/mol. The minimum atomic E-state index is -1.07. The van der Waals surface area contributed by atoms with Crippen LogP contribution >= 0.6 is 0 Å². The average Bonchev–Trinajstić information content (AvgIpc) is 2.62. The Hall–Kier alpha value is -2.38. The summed E-state index contributed by atoms with van der Waals surface area (Å²) in [6.45, 7) is 6.94. The monoisotopic (exact) mass is 326 g/mol. The normalized spacial score (nSPS) is 25.9. The molecule has 3 aliphatic rings. The molecule has 2 bridgehead atoms. The van der Waals surface area contributed by atoms with E-state index in [-0.39, 0.29) is 10.8 Å². The number of benzene rings is 3. The van der Waals surface area contributed by atoms with E-state index in [4.69, 9.17) is 0 Å². The van der Waals surface area contributed by atoms with E-state index >= 15 is 0 Å². The SMILES string of the molecule is CC(C)(C)C12c3ccccc3C(O)(c3ccccc31)c1ccccc12. The Balaban J connectivity index is 2.09. The van der Waals surface area contributed by atoms with Crippen molar-refractivity contribution in [2.45, 2.75) is 31.8 Å². The summed E-state index contributed by atoms with van der Waals surface area (Å²) in [6, 6.07) is 25.3. The Kier molecular flexibility index (Phi) is 2.64. The van der Waals surface area contributed by atoms with Crippen molar-refractivity contribution in [2.24, 2.45) is 5.41 Å². The summed E-state index contributed by atoms with van der Waals surface area (Å²) >= 11 is 0. The molecule has 3 aliphatic carbocycles. The standard InChI is InChI=1S/C24H22O/c1-22(2,3)23-16-10-4-7-13-19(16)24(25,20-14-8-5-11-17(20)23)21-15-9-6-12-18(21)23/h4-15,25H,1-3H3. The first-order chi connectivity index (χ1) is 11.9. The van der Waals surface area contributed by atoms with Crippen LogP contribution in [0.2, 0.25) is 0 Å². The fourth-order valence-electron chi connectivity index (χ4n) is 5.46. The molecule has 0 unspecified atom stereocenters. The topological polar surface area (TPSA) is 20.2 Å². The van der Waals surface area contributed by atoms with Gasteiger partial charge in [-0.3, -0.25) is 0 Å². The van der Waals surface area contributed by atoms with Crippen LogP contribution in [0.3, 0.4) is 0 Å². The van der Waals surface area contributed by atoms with Crippen molar-refractivity contribution in [1.82, 2.24) is 0 Å². The van der Waals surface area contributed by atoms with Gasteiger partial charge in [-0.25, -0.2) is 0 Å². The van der Waals surface area contributed by atoms with E-state index in [1.165, 1.54) is 16.7 Å². The zero-order valence-corrected chi connectivity index (χ0v) is 14.9. The van der Waals surface area contributed by atoms with Crippen molar-refractivity contribution in [3.8, 4) is 0 Å². The second-order valence-electron chi connectivity index (χ2n) is 8.35. The van der Waals surface area contributed by atoms with E-state index in [0.29, 0.717) is 0 Å². The van der Waals surface area contributed by atoms with Gasteiger partial charge in [0.2, 0.25) is 0 Å². The lowest BCUT2D eigenvalue weighted by Gasteiger charge is -2.59. The van der Waals surface area contributed by atoms with Crippen LogP contribution in [-0.2, 0) is 11.0 Å². The van der Waals surface area contributed by atoms with Crippen molar-refractivity contribution in [3.05, 3.63) is 106 Å². The molecular formula is C24H22O. The zero-order chi connectivity index (χ0) is 17.4. The number of rotatable bonds is 0. The maximum absolute atomic E-state index is 12.1. The lowest BCUT2D eigenvalue weighted by Crippen LogP contribution is -2.56. The van der Waals surface area contributed by atoms with Crippen molar-refractivity contribution in [3.63, 3.8) is 0 Å². The highest BCUT2D eigenvalue weighted by atomic mass is 16.3. The highest BCUT2D eigenvalue weighted by Gasteiger charge is 2.61. The van der Waals surface area contributed by atoms with Gasteiger partial charge >= 0.3 is 0 Å². The molecule has 1 N–H and O–H groups in total. The predicted molar refractivity (Wildman–Crippen MR) is 101 cm³/mol. The van der Waals surface area contributed by atoms with Crippen molar-refractivity contribution in [1.29, 1.82) is 0 Å². The average molecular weight is 326 g/mol. The molecule has 1 nitrogen and oxygen atoms in total. The van der Waals surface area contributed by atoms with Crippen LogP contribution in [0.4, 0.5) is 0 Å². The van der Waals surface area contributed by atoms with Gasteiger partial charge in [-0.1, -0.05) is 93.6 Å². The van der Waals surface area contributed by atoms with Gasteiger partial charge in [0, 0.05) is 0 Å². The molecule has 3 aromatic carbocycles. The molecule has 0 radical (unpaired) electrons. The van der Waals surface area contributed by atoms with Gasteiger partial charge in [0.15, 0.2) is 0 Å². The van der Waals surface area contributed by atoms with E-state index in [9.17, 15) is 5.11 Å². The van der Waals surface area contributed by atoms with Crippen molar-refractivity contribution in [2.75, 3.05) is 0 Å². The van der Waals surface area contributed by atoms with Gasteiger partial charge in [-0.15, -0.1) is 0 Å². The van der Waals surface area contributed by atoms with Gasteiger partial charge < -0.3 is 5.11 Å². The molecule has 1 heteroatoms. The van der Waals surface area contributed by atoms with E-state index in [1.807, 2.05) is 18.2 Å². The van der Waals surface area contributed by atoms with Crippen molar-refractivity contribution >= 4 is 0 Å². The maximum Gasteiger partial charge on any atom is 0.141 e.